The van der Waals surface area contributed by atoms with E-state index in [-0.39, 0.29) is 23.5 Å². The predicted molar refractivity (Wildman–Crippen MR) is 114 cm³/mol. The molecule has 0 unspecified atom stereocenters. The number of ether oxygens (including phenoxy) is 1. The fourth-order valence-electron chi connectivity index (χ4n) is 5.31. The van der Waals surface area contributed by atoms with E-state index < -0.39 is 54.4 Å². The highest BCUT2D eigenvalue weighted by atomic mass is 19.1. The lowest BCUT2D eigenvalue weighted by molar-refractivity contribution is -0.172. The van der Waals surface area contributed by atoms with Gasteiger partial charge in [0.1, 0.15) is 12.4 Å². The Bertz CT molecular complexity index is 1630. The number of hydrogen-bond acceptors (Lipinski definition) is 6. The number of halogens is 1. The highest BCUT2D eigenvalue weighted by Crippen LogP contribution is 2.45. The van der Waals surface area contributed by atoms with E-state index in [4.69, 9.17) is 17.3 Å². The van der Waals surface area contributed by atoms with E-state index in [1.807, 2.05) is 0 Å². The molecule has 0 fully saturated rings. The number of aromatic nitrogens is 2. The minimum absolute atomic E-state index is 0.0666. The lowest BCUT2D eigenvalue weighted by Gasteiger charge is -2.31. The molecule has 164 valence electrons. The smallest absolute Gasteiger partial charge is 0.343 e. The Morgan fingerprint density at radius 1 is 1.41 bits per heavy atom. The lowest BCUT2D eigenvalue weighted by atomic mass is 9.82. The SMILES string of the molecule is [2H]C([2H])([2H])C([2H])([2H])[C@@]1(O)C(=O)OCc2c1cc1n(c2=O)Cc2c-1nc1cc(F)c(C)c3c1c2[C@@H](N)CC3. The molecule has 4 heterocycles. The molecule has 1 aliphatic carbocycles. The third-order valence-corrected chi connectivity index (χ3v) is 6.99. The van der Waals surface area contributed by atoms with E-state index in [1.54, 1.807) is 6.92 Å². The number of nitrogens with zero attached hydrogens (tertiary/aromatic N) is 2. The van der Waals surface area contributed by atoms with Crippen LogP contribution in [0.2, 0.25) is 0 Å². The zero-order chi connectivity index (χ0) is 26.8. The maximum absolute atomic E-state index is 14.8. The molecule has 0 radical (unpaired) electrons. The van der Waals surface area contributed by atoms with Gasteiger partial charge in [0.2, 0.25) is 0 Å². The molecule has 3 N–H and O–H groups in total. The first-order chi connectivity index (χ1) is 17.2. The molecule has 2 aliphatic heterocycles. The molecule has 8 heteroatoms. The van der Waals surface area contributed by atoms with Gasteiger partial charge < -0.3 is 20.1 Å². The van der Waals surface area contributed by atoms with E-state index in [9.17, 15) is 19.1 Å². The van der Waals surface area contributed by atoms with Crippen LogP contribution in [0.4, 0.5) is 4.39 Å². The van der Waals surface area contributed by atoms with E-state index in [0.29, 0.717) is 29.5 Å². The molecule has 1 aromatic carbocycles. The van der Waals surface area contributed by atoms with Gasteiger partial charge in [-0.25, -0.2) is 14.2 Å². The number of benzene rings is 1. The van der Waals surface area contributed by atoms with Crippen molar-refractivity contribution in [1.29, 1.82) is 0 Å². The molecule has 2 atom stereocenters. The Hall–Kier alpha value is -3.10. The van der Waals surface area contributed by atoms with Crippen molar-refractivity contribution in [2.75, 3.05) is 0 Å². The Morgan fingerprint density at radius 3 is 3.00 bits per heavy atom. The summed E-state index contributed by atoms with van der Waals surface area (Å²) in [6, 6.07) is 2.12. The normalized spacial score (nSPS) is 26.2. The monoisotopic (exact) mass is 440 g/mol. The highest BCUT2D eigenvalue weighted by Gasteiger charge is 2.45. The Kier molecular flexibility index (Phi) is 2.90. The third kappa shape index (κ3) is 2.23. The second-order valence-electron chi connectivity index (χ2n) is 8.58. The van der Waals surface area contributed by atoms with Gasteiger partial charge in [-0.3, -0.25) is 4.79 Å². The van der Waals surface area contributed by atoms with Crippen LogP contribution in [-0.4, -0.2) is 20.6 Å². The summed E-state index contributed by atoms with van der Waals surface area (Å²) in [5.41, 5.74) is 5.31. The van der Waals surface area contributed by atoms with Gasteiger partial charge in [-0.15, -0.1) is 0 Å². The number of carbonyl (C=O) groups is 1. The van der Waals surface area contributed by atoms with Gasteiger partial charge in [-0.2, -0.15) is 0 Å². The van der Waals surface area contributed by atoms with Crippen molar-refractivity contribution in [1.82, 2.24) is 9.55 Å². The first-order valence-corrected chi connectivity index (χ1v) is 10.3. The zero-order valence-electron chi connectivity index (χ0n) is 22.1. The van der Waals surface area contributed by atoms with Crippen molar-refractivity contribution in [3.63, 3.8) is 0 Å². The maximum Gasteiger partial charge on any atom is 0.343 e. The summed E-state index contributed by atoms with van der Waals surface area (Å²) in [6.07, 6.45) is -2.35. The maximum atomic E-state index is 14.8. The number of hydrogen-bond donors (Lipinski definition) is 2. The first kappa shape index (κ1) is 14.9. The molecule has 2 aromatic heterocycles. The average molecular weight is 440 g/mol. The molecular weight excluding hydrogens is 413 g/mol. The van der Waals surface area contributed by atoms with E-state index >= 15 is 0 Å². The van der Waals surface area contributed by atoms with Gasteiger partial charge in [0.15, 0.2) is 5.60 Å². The highest BCUT2D eigenvalue weighted by molar-refractivity contribution is 5.93. The van der Waals surface area contributed by atoms with Crippen molar-refractivity contribution in [3.8, 4) is 11.4 Å². The van der Waals surface area contributed by atoms with E-state index in [0.717, 1.165) is 16.5 Å². The van der Waals surface area contributed by atoms with Crippen molar-refractivity contribution >= 4 is 16.9 Å². The number of rotatable bonds is 1. The lowest BCUT2D eigenvalue weighted by Crippen LogP contribution is -2.44. The summed E-state index contributed by atoms with van der Waals surface area (Å²) in [5, 5.41) is 12.1. The molecule has 32 heavy (non-hydrogen) atoms. The fourth-order valence-corrected chi connectivity index (χ4v) is 5.31. The molecule has 6 rings (SSSR count). The summed E-state index contributed by atoms with van der Waals surface area (Å²) in [6.45, 7) is -2.22. The number of fused-ring (bicyclic) bond motifs is 5. The van der Waals surface area contributed by atoms with Gasteiger partial charge in [0.25, 0.3) is 5.56 Å². The molecule has 0 amide bonds. The number of carbonyl (C=O) groups excluding carboxylic acids is 1. The summed E-state index contributed by atoms with van der Waals surface area (Å²) in [4.78, 5) is 31.0. The quantitative estimate of drug-likeness (QED) is 0.441. The second kappa shape index (κ2) is 6.24. The largest absolute Gasteiger partial charge is 0.458 e. The van der Waals surface area contributed by atoms with Gasteiger partial charge in [0, 0.05) is 35.5 Å². The Morgan fingerprint density at radius 2 is 2.22 bits per heavy atom. The first-order valence-electron chi connectivity index (χ1n) is 12.8. The third-order valence-electron chi connectivity index (χ3n) is 6.99. The molecule has 3 aliphatic rings. The standard InChI is InChI=1S/C24H22FN3O4/c1-3-24(31)14-6-18-21-12(8-28(18)22(29)13(14)9-32-23(24)30)19-16(26)5-4-11-10(2)15(25)7-17(27-21)20(11)19/h6-7,16,31H,3-5,8-9,26H2,1-2H3/t16-,24-/m0/s1/i1D3,3D2. The topological polar surface area (TPSA) is 107 Å². The summed E-state index contributed by atoms with van der Waals surface area (Å²) in [7, 11) is 0. The minimum Gasteiger partial charge on any atom is -0.458 e. The summed E-state index contributed by atoms with van der Waals surface area (Å²) >= 11 is 0. The molecular formula is C24H22FN3O4. The number of cyclic esters (lactones) is 1. The molecule has 0 saturated carbocycles. The van der Waals surface area contributed by atoms with Crippen LogP contribution in [0, 0.1) is 12.7 Å². The summed E-state index contributed by atoms with van der Waals surface area (Å²) < 4.78 is 60.3. The molecule has 3 aromatic rings. The molecule has 7 nitrogen and oxygen atoms in total. The molecule has 0 saturated heterocycles. The fraction of sp³-hybridized carbons (Fsp3) is 0.375. The van der Waals surface area contributed by atoms with Crippen LogP contribution in [-0.2, 0) is 34.7 Å². The van der Waals surface area contributed by atoms with Gasteiger partial charge >= 0.3 is 5.97 Å². The van der Waals surface area contributed by atoms with Crippen LogP contribution in [0.5, 0.6) is 0 Å². The molecule has 0 spiro atoms. The Labute approximate surface area is 189 Å². The number of nitrogens with two attached hydrogens (primary N) is 1. The number of esters is 1. The summed E-state index contributed by atoms with van der Waals surface area (Å²) in [5.74, 6) is -1.94. The average Bonchev–Trinajstić information content (AvgIpc) is 3.18. The predicted octanol–water partition coefficient (Wildman–Crippen LogP) is 2.47. The van der Waals surface area contributed by atoms with Crippen molar-refractivity contribution in [2.24, 2.45) is 5.73 Å². The van der Waals surface area contributed by atoms with Gasteiger partial charge in [0.05, 0.1) is 29.0 Å². The van der Waals surface area contributed by atoms with E-state index in [2.05, 4.69) is 4.98 Å². The van der Waals surface area contributed by atoms with Crippen molar-refractivity contribution in [3.05, 3.63) is 61.7 Å². The van der Waals surface area contributed by atoms with Crippen LogP contribution in [0.3, 0.4) is 0 Å². The van der Waals surface area contributed by atoms with Crippen molar-refractivity contribution < 1.29 is 25.9 Å². The zero-order valence-corrected chi connectivity index (χ0v) is 17.1. The number of aryl methyl sites for hydroxylation is 1. The molecule has 0 bridgehead atoms. The number of aliphatic hydroxyl groups is 1. The van der Waals surface area contributed by atoms with Gasteiger partial charge in [-0.1, -0.05) is 6.85 Å². The van der Waals surface area contributed by atoms with Crippen LogP contribution in [0.1, 0.15) is 65.9 Å². The Balaban J connectivity index is 1.68. The number of pyridine rings is 2. The van der Waals surface area contributed by atoms with Crippen LogP contribution in [0.15, 0.2) is 16.9 Å². The second-order valence-corrected chi connectivity index (χ2v) is 8.58. The van der Waals surface area contributed by atoms with Gasteiger partial charge in [-0.05, 0) is 48.9 Å². The van der Waals surface area contributed by atoms with Crippen LogP contribution < -0.4 is 11.3 Å². The van der Waals surface area contributed by atoms with Crippen LogP contribution >= 0.6 is 0 Å². The van der Waals surface area contributed by atoms with Crippen molar-refractivity contribution in [2.45, 2.75) is 57.8 Å². The van der Waals surface area contributed by atoms with E-state index in [1.165, 1.54) is 16.7 Å². The van der Waals surface area contributed by atoms with Crippen LogP contribution in [0.25, 0.3) is 22.3 Å². The minimum atomic E-state index is -3.49.